The molecule has 17 heavy (non-hydrogen) atoms. The highest BCUT2D eigenvalue weighted by Crippen LogP contribution is 2.24. The lowest BCUT2D eigenvalue weighted by atomic mass is 9.98. The lowest BCUT2D eigenvalue weighted by Gasteiger charge is -2.23. The Hall–Kier alpha value is -1.15. The SMILES string of the molecule is CC1C=C(CN(C)c2ccccc2S)C=CC1. The van der Waals surface area contributed by atoms with Crippen LogP contribution in [-0.2, 0) is 0 Å². The van der Waals surface area contributed by atoms with Crippen LogP contribution in [0, 0.1) is 5.92 Å². The number of anilines is 1. The number of thiol groups is 1. The van der Waals surface area contributed by atoms with E-state index in [1.807, 2.05) is 12.1 Å². The van der Waals surface area contributed by atoms with E-state index in [-0.39, 0.29) is 0 Å². The van der Waals surface area contributed by atoms with Crippen molar-refractivity contribution >= 4 is 18.3 Å². The lowest BCUT2D eigenvalue weighted by molar-refractivity contribution is 0.724. The number of hydrogen-bond acceptors (Lipinski definition) is 2. The maximum absolute atomic E-state index is 4.49. The van der Waals surface area contributed by atoms with Crippen LogP contribution < -0.4 is 4.90 Å². The van der Waals surface area contributed by atoms with E-state index >= 15 is 0 Å². The quantitative estimate of drug-likeness (QED) is 0.790. The van der Waals surface area contributed by atoms with E-state index in [4.69, 9.17) is 0 Å². The third-order valence-corrected chi connectivity index (χ3v) is 3.43. The van der Waals surface area contributed by atoms with Crippen LogP contribution in [0.5, 0.6) is 0 Å². The first-order chi connectivity index (χ1) is 8.16. The summed E-state index contributed by atoms with van der Waals surface area (Å²) in [7, 11) is 2.11. The first-order valence-corrected chi connectivity index (χ1v) is 6.48. The van der Waals surface area contributed by atoms with E-state index in [0.29, 0.717) is 5.92 Å². The summed E-state index contributed by atoms with van der Waals surface area (Å²) >= 11 is 4.49. The summed E-state index contributed by atoms with van der Waals surface area (Å²) in [5, 5.41) is 0. The molecule has 0 radical (unpaired) electrons. The zero-order chi connectivity index (χ0) is 12.3. The van der Waals surface area contributed by atoms with Gasteiger partial charge in [-0.25, -0.2) is 0 Å². The van der Waals surface area contributed by atoms with Gasteiger partial charge in [-0.05, 0) is 30.0 Å². The number of hydrogen-bond donors (Lipinski definition) is 1. The minimum absolute atomic E-state index is 0.662. The second kappa shape index (κ2) is 5.46. The van der Waals surface area contributed by atoms with Crippen LogP contribution in [0.15, 0.2) is 53.0 Å². The number of likely N-dealkylation sites (N-methyl/N-ethyl adjacent to an activating group) is 1. The molecule has 0 bridgehead atoms. The molecule has 1 aliphatic carbocycles. The Kier molecular flexibility index (Phi) is 3.95. The molecule has 0 aliphatic heterocycles. The summed E-state index contributed by atoms with van der Waals surface area (Å²) in [5.41, 5.74) is 2.58. The molecular weight excluding hydrogens is 226 g/mol. The number of allylic oxidation sites excluding steroid dienone is 2. The first kappa shape index (κ1) is 12.3. The molecule has 0 fully saturated rings. The van der Waals surface area contributed by atoms with Crippen molar-refractivity contribution < 1.29 is 0 Å². The fourth-order valence-electron chi connectivity index (χ4n) is 2.17. The van der Waals surface area contributed by atoms with E-state index < -0.39 is 0 Å². The summed E-state index contributed by atoms with van der Waals surface area (Å²) < 4.78 is 0. The van der Waals surface area contributed by atoms with E-state index in [9.17, 15) is 0 Å². The normalized spacial score (nSPS) is 19.0. The second-order valence-electron chi connectivity index (χ2n) is 4.70. The van der Waals surface area contributed by atoms with Crippen LogP contribution in [0.3, 0.4) is 0 Å². The zero-order valence-corrected chi connectivity index (χ0v) is 11.3. The number of para-hydroxylation sites is 1. The van der Waals surface area contributed by atoms with Crippen LogP contribution in [-0.4, -0.2) is 13.6 Å². The molecule has 0 spiro atoms. The smallest absolute Gasteiger partial charge is 0.0502 e. The highest BCUT2D eigenvalue weighted by atomic mass is 32.1. The highest BCUT2D eigenvalue weighted by molar-refractivity contribution is 7.80. The van der Waals surface area contributed by atoms with Crippen molar-refractivity contribution in [2.75, 3.05) is 18.5 Å². The molecule has 1 unspecified atom stereocenters. The molecule has 0 saturated heterocycles. The third-order valence-electron chi connectivity index (χ3n) is 3.05. The number of benzene rings is 1. The van der Waals surface area contributed by atoms with E-state index in [1.165, 1.54) is 11.3 Å². The Morgan fingerprint density at radius 1 is 1.35 bits per heavy atom. The van der Waals surface area contributed by atoms with Crippen molar-refractivity contribution in [2.24, 2.45) is 5.92 Å². The molecule has 0 saturated carbocycles. The first-order valence-electron chi connectivity index (χ1n) is 6.03. The summed E-state index contributed by atoms with van der Waals surface area (Å²) in [6.07, 6.45) is 8.02. The van der Waals surface area contributed by atoms with E-state index in [1.54, 1.807) is 0 Å². The van der Waals surface area contributed by atoms with Crippen LogP contribution in [0.1, 0.15) is 13.3 Å². The predicted octanol–water partition coefficient (Wildman–Crippen LogP) is 3.93. The van der Waals surface area contributed by atoms with Crippen molar-refractivity contribution in [3.8, 4) is 0 Å². The molecule has 1 aromatic carbocycles. The Balaban J connectivity index is 2.09. The molecule has 1 nitrogen and oxygen atoms in total. The van der Waals surface area contributed by atoms with Gasteiger partial charge in [-0.3, -0.25) is 0 Å². The summed E-state index contributed by atoms with van der Waals surface area (Å²) in [4.78, 5) is 3.28. The molecule has 2 rings (SSSR count). The Morgan fingerprint density at radius 3 is 2.82 bits per heavy atom. The fourth-order valence-corrected chi connectivity index (χ4v) is 2.51. The van der Waals surface area contributed by atoms with Gasteiger partial charge in [0, 0.05) is 18.5 Å². The molecule has 90 valence electrons. The van der Waals surface area contributed by atoms with Crippen molar-refractivity contribution in [1.82, 2.24) is 0 Å². The lowest BCUT2D eigenvalue weighted by Crippen LogP contribution is -2.21. The van der Waals surface area contributed by atoms with Gasteiger partial charge in [0.05, 0.1) is 5.69 Å². The molecule has 1 aromatic rings. The molecule has 1 aliphatic rings. The van der Waals surface area contributed by atoms with Gasteiger partial charge in [0.15, 0.2) is 0 Å². The maximum atomic E-state index is 4.49. The molecule has 2 heteroatoms. The maximum Gasteiger partial charge on any atom is 0.0502 e. The number of rotatable bonds is 3. The Morgan fingerprint density at radius 2 is 2.12 bits per heavy atom. The van der Waals surface area contributed by atoms with Crippen LogP contribution >= 0.6 is 12.6 Å². The predicted molar refractivity (Wildman–Crippen MR) is 78.0 cm³/mol. The topological polar surface area (TPSA) is 3.24 Å². The van der Waals surface area contributed by atoms with E-state index in [2.05, 4.69) is 61.9 Å². The second-order valence-corrected chi connectivity index (χ2v) is 5.18. The Labute approximate surface area is 109 Å². The van der Waals surface area contributed by atoms with Crippen molar-refractivity contribution in [3.05, 3.63) is 48.1 Å². The Bertz CT molecular complexity index is 448. The van der Waals surface area contributed by atoms with Gasteiger partial charge in [-0.15, -0.1) is 12.6 Å². The van der Waals surface area contributed by atoms with Gasteiger partial charge in [0.25, 0.3) is 0 Å². The summed E-state index contributed by atoms with van der Waals surface area (Å²) in [6.45, 7) is 3.20. The van der Waals surface area contributed by atoms with E-state index in [0.717, 1.165) is 17.9 Å². The molecule has 0 heterocycles. The van der Waals surface area contributed by atoms with Crippen LogP contribution in [0.25, 0.3) is 0 Å². The minimum atomic E-state index is 0.662. The van der Waals surface area contributed by atoms with Gasteiger partial charge < -0.3 is 4.90 Å². The average molecular weight is 245 g/mol. The van der Waals surface area contributed by atoms with Gasteiger partial charge >= 0.3 is 0 Å². The highest BCUT2D eigenvalue weighted by Gasteiger charge is 2.08. The fraction of sp³-hybridized carbons (Fsp3) is 0.333. The minimum Gasteiger partial charge on any atom is -0.369 e. The molecule has 1 atom stereocenters. The van der Waals surface area contributed by atoms with Gasteiger partial charge in [-0.2, -0.15) is 0 Å². The van der Waals surface area contributed by atoms with Crippen molar-refractivity contribution in [3.63, 3.8) is 0 Å². The van der Waals surface area contributed by atoms with Gasteiger partial charge in [-0.1, -0.05) is 37.3 Å². The van der Waals surface area contributed by atoms with Gasteiger partial charge in [0.2, 0.25) is 0 Å². The standard InChI is InChI=1S/C15H19NS/c1-12-6-5-7-13(10-12)11-16(2)14-8-3-4-9-15(14)17/h3-5,7-10,12,17H,6,11H2,1-2H3. The zero-order valence-electron chi connectivity index (χ0n) is 10.4. The van der Waals surface area contributed by atoms with Gasteiger partial charge in [0.1, 0.15) is 0 Å². The third kappa shape index (κ3) is 3.16. The molecular formula is C15H19NS. The van der Waals surface area contributed by atoms with Crippen molar-refractivity contribution in [1.29, 1.82) is 0 Å². The molecule has 0 N–H and O–H groups in total. The molecule has 0 aromatic heterocycles. The summed E-state index contributed by atoms with van der Waals surface area (Å²) in [6, 6.07) is 8.21. The summed E-state index contributed by atoms with van der Waals surface area (Å²) in [5.74, 6) is 0.662. The number of nitrogens with zero attached hydrogens (tertiary/aromatic N) is 1. The van der Waals surface area contributed by atoms with Crippen LogP contribution in [0.2, 0.25) is 0 Å². The monoisotopic (exact) mass is 245 g/mol. The average Bonchev–Trinajstić information content (AvgIpc) is 2.29. The van der Waals surface area contributed by atoms with Crippen molar-refractivity contribution in [2.45, 2.75) is 18.2 Å². The van der Waals surface area contributed by atoms with Crippen LogP contribution in [0.4, 0.5) is 5.69 Å². The molecule has 0 amide bonds. The largest absolute Gasteiger partial charge is 0.369 e.